The zero-order valence-corrected chi connectivity index (χ0v) is 35.4. The van der Waals surface area contributed by atoms with E-state index in [4.69, 9.17) is 9.47 Å². The molecule has 3 unspecified atom stereocenters. The maximum atomic E-state index is 15.9. The lowest BCUT2D eigenvalue weighted by Crippen LogP contribution is -2.52. The first-order valence-electron chi connectivity index (χ1n) is 21.3. The molecule has 9 nitrogen and oxygen atoms in total. The quantitative estimate of drug-likeness (QED) is 0.117. The molecule has 2 aliphatic rings. The zero-order chi connectivity index (χ0) is 41.6. The molecule has 2 fully saturated rings. The van der Waals surface area contributed by atoms with Crippen molar-refractivity contribution in [2.75, 3.05) is 79.8 Å². The fourth-order valence-corrected chi connectivity index (χ4v) is 8.78. The standard InChI is InChI=1S/C51H57N5O4/c1-37-33-45-23-24-49(57)56(46(45)34-38(37)2)50(52(3)47(35-54-25-29-59-30-26-54)43-19-15-41(16-20-43)39-11-7-5-8-12-39)51(58)53(4)48(36-55-27-31-60-32-28-55)44-21-17-42(18-22-44)40-13-9-6-10-14-40/h5-24,33-34,47-48,50H,25-32,35-36H2,1-4H3. The van der Waals surface area contributed by atoms with Gasteiger partial charge in [-0.3, -0.25) is 28.9 Å². The van der Waals surface area contributed by atoms with Crippen LogP contribution in [0, 0.1) is 13.8 Å². The molecule has 60 heavy (non-hydrogen) atoms. The van der Waals surface area contributed by atoms with Crippen molar-refractivity contribution in [3.8, 4) is 22.3 Å². The number of morpholine rings is 2. The van der Waals surface area contributed by atoms with Crippen LogP contribution >= 0.6 is 0 Å². The van der Waals surface area contributed by atoms with Crippen molar-refractivity contribution in [1.82, 2.24) is 24.2 Å². The summed E-state index contributed by atoms with van der Waals surface area (Å²) >= 11 is 0. The fraction of sp³-hybridized carbons (Fsp3) is 0.333. The summed E-state index contributed by atoms with van der Waals surface area (Å²) in [4.78, 5) is 39.2. The number of nitrogens with zero attached hydrogens (tertiary/aromatic N) is 5. The second-order valence-corrected chi connectivity index (χ2v) is 16.4. The highest BCUT2D eigenvalue weighted by molar-refractivity contribution is 5.86. The molecule has 5 aromatic carbocycles. The van der Waals surface area contributed by atoms with Crippen LogP contribution in [-0.4, -0.2) is 110 Å². The molecule has 0 radical (unpaired) electrons. The van der Waals surface area contributed by atoms with Gasteiger partial charge in [0.2, 0.25) is 0 Å². The van der Waals surface area contributed by atoms with E-state index in [1.54, 1.807) is 10.6 Å². The monoisotopic (exact) mass is 803 g/mol. The number of fused-ring (bicyclic) bond motifs is 1. The Morgan fingerprint density at radius 2 is 1.03 bits per heavy atom. The summed E-state index contributed by atoms with van der Waals surface area (Å²) in [6.45, 7) is 11.2. The van der Waals surface area contributed by atoms with Gasteiger partial charge < -0.3 is 14.4 Å². The normalized spacial score (nSPS) is 16.8. The van der Waals surface area contributed by atoms with Gasteiger partial charge in [0, 0.05) is 58.4 Å². The summed E-state index contributed by atoms with van der Waals surface area (Å²) in [5, 5.41) is 0.921. The van der Waals surface area contributed by atoms with Gasteiger partial charge in [-0.05, 0) is 89.0 Å². The van der Waals surface area contributed by atoms with Gasteiger partial charge >= 0.3 is 0 Å². The maximum Gasteiger partial charge on any atom is 0.261 e. The van der Waals surface area contributed by atoms with Gasteiger partial charge in [-0.2, -0.15) is 0 Å². The summed E-state index contributed by atoms with van der Waals surface area (Å²) < 4.78 is 13.3. The van der Waals surface area contributed by atoms with E-state index < -0.39 is 6.17 Å². The average Bonchev–Trinajstić information content (AvgIpc) is 3.30. The van der Waals surface area contributed by atoms with E-state index in [9.17, 15) is 4.79 Å². The fourth-order valence-electron chi connectivity index (χ4n) is 8.78. The van der Waals surface area contributed by atoms with Crippen molar-refractivity contribution in [2.24, 2.45) is 0 Å². The number of ether oxygens (including phenoxy) is 2. The molecule has 9 heteroatoms. The first-order chi connectivity index (χ1) is 29.2. The Bertz CT molecular complexity index is 2410. The van der Waals surface area contributed by atoms with Crippen molar-refractivity contribution >= 4 is 16.8 Å². The van der Waals surface area contributed by atoms with Crippen molar-refractivity contribution < 1.29 is 14.3 Å². The van der Waals surface area contributed by atoms with Gasteiger partial charge in [-0.25, -0.2) is 0 Å². The number of benzene rings is 5. The van der Waals surface area contributed by atoms with E-state index in [0.717, 1.165) is 81.6 Å². The molecule has 3 atom stereocenters. The Labute approximate surface area is 354 Å². The zero-order valence-electron chi connectivity index (χ0n) is 35.4. The third kappa shape index (κ3) is 9.16. The van der Waals surface area contributed by atoms with Crippen molar-refractivity contribution in [2.45, 2.75) is 32.1 Å². The molecule has 0 saturated carbocycles. The summed E-state index contributed by atoms with van der Waals surface area (Å²) in [5.41, 5.74) is 9.37. The second-order valence-electron chi connectivity index (χ2n) is 16.4. The lowest BCUT2D eigenvalue weighted by Gasteiger charge is -2.42. The van der Waals surface area contributed by atoms with Crippen LogP contribution in [-0.2, 0) is 14.3 Å². The Morgan fingerprint density at radius 3 is 1.55 bits per heavy atom. The molecule has 6 aromatic rings. The first-order valence-corrected chi connectivity index (χ1v) is 21.3. The molecule has 2 saturated heterocycles. The van der Waals surface area contributed by atoms with Gasteiger partial charge in [0.1, 0.15) is 0 Å². The predicted molar refractivity (Wildman–Crippen MR) is 241 cm³/mol. The molecular formula is C51H57N5O4. The number of rotatable bonds is 13. The van der Waals surface area contributed by atoms with Crippen molar-refractivity contribution in [3.05, 3.63) is 166 Å². The lowest BCUT2D eigenvalue weighted by molar-refractivity contribution is -0.143. The minimum atomic E-state index is -0.969. The Kier molecular flexibility index (Phi) is 13.0. The average molecular weight is 804 g/mol. The van der Waals surface area contributed by atoms with Crippen molar-refractivity contribution in [1.29, 1.82) is 0 Å². The molecule has 0 N–H and O–H groups in total. The Hall–Kier alpha value is -5.42. The molecule has 0 bridgehead atoms. The van der Waals surface area contributed by atoms with Gasteiger partial charge in [-0.1, -0.05) is 109 Å². The van der Waals surface area contributed by atoms with E-state index in [2.05, 4.69) is 138 Å². The number of likely N-dealkylation sites (N-methyl/N-ethyl adjacent to an activating group) is 2. The Balaban J connectivity index is 1.24. The molecule has 2 aliphatic heterocycles. The van der Waals surface area contributed by atoms with Crippen LogP contribution in [0.2, 0.25) is 0 Å². The highest BCUT2D eigenvalue weighted by Crippen LogP contribution is 2.34. The number of aryl methyl sites for hydroxylation is 2. The first kappa shape index (κ1) is 41.3. The van der Waals surface area contributed by atoms with E-state index >= 15 is 4.79 Å². The molecule has 8 rings (SSSR count). The predicted octanol–water partition coefficient (Wildman–Crippen LogP) is 7.99. The third-order valence-corrected chi connectivity index (χ3v) is 12.6. The van der Waals surface area contributed by atoms with E-state index in [1.165, 1.54) is 0 Å². The number of aromatic nitrogens is 1. The van der Waals surface area contributed by atoms with Gasteiger partial charge in [0.05, 0.1) is 38.0 Å². The summed E-state index contributed by atoms with van der Waals surface area (Å²) in [6, 6.07) is 45.2. The number of pyridine rings is 1. The van der Waals surface area contributed by atoms with Crippen LogP contribution < -0.4 is 5.56 Å². The molecule has 1 aromatic heterocycles. The smallest absolute Gasteiger partial charge is 0.261 e. The molecule has 0 spiro atoms. The van der Waals surface area contributed by atoms with Gasteiger partial charge in [0.25, 0.3) is 11.5 Å². The SMILES string of the molecule is Cc1cc2ccc(=O)n(C(C(=O)N(C)C(CN3CCOCC3)c3ccc(-c4ccccc4)cc3)N(C)C(CN3CCOCC3)c3ccc(-c4ccccc4)cc3)c2cc1C. The summed E-state index contributed by atoms with van der Waals surface area (Å²) in [6.07, 6.45) is -0.969. The van der Waals surface area contributed by atoms with Crippen LogP contribution in [0.4, 0.5) is 0 Å². The van der Waals surface area contributed by atoms with Crippen molar-refractivity contribution in [3.63, 3.8) is 0 Å². The topological polar surface area (TPSA) is 70.5 Å². The number of amides is 1. The van der Waals surface area contributed by atoms with E-state index in [0.29, 0.717) is 39.5 Å². The number of carbonyl (C=O) groups is 1. The minimum absolute atomic E-state index is 0.149. The highest BCUT2D eigenvalue weighted by atomic mass is 16.5. The van der Waals surface area contributed by atoms with Crippen LogP contribution in [0.25, 0.3) is 33.2 Å². The Morgan fingerprint density at radius 1 is 0.583 bits per heavy atom. The summed E-state index contributed by atoms with van der Waals surface area (Å²) in [5.74, 6) is -0.149. The van der Waals surface area contributed by atoms with Gasteiger partial charge in [-0.15, -0.1) is 0 Å². The van der Waals surface area contributed by atoms with E-state index in [1.807, 2.05) is 37.2 Å². The van der Waals surface area contributed by atoms with Crippen LogP contribution in [0.1, 0.15) is 40.5 Å². The molecular weight excluding hydrogens is 747 g/mol. The summed E-state index contributed by atoms with van der Waals surface area (Å²) in [7, 11) is 3.93. The minimum Gasteiger partial charge on any atom is -0.379 e. The van der Waals surface area contributed by atoms with Crippen LogP contribution in [0.3, 0.4) is 0 Å². The second kappa shape index (κ2) is 18.9. The third-order valence-electron chi connectivity index (χ3n) is 12.6. The van der Waals surface area contributed by atoms with Crippen LogP contribution in [0.15, 0.2) is 138 Å². The lowest BCUT2D eigenvalue weighted by atomic mass is 9.98. The molecule has 0 aliphatic carbocycles. The molecule has 1 amide bonds. The highest BCUT2D eigenvalue weighted by Gasteiger charge is 2.38. The van der Waals surface area contributed by atoms with Crippen LogP contribution in [0.5, 0.6) is 0 Å². The number of carbonyl (C=O) groups excluding carboxylic acids is 1. The van der Waals surface area contributed by atoms with Gasteiger partial charge in [0.15, 0.2) is 6.17 Å². The number of hydrogen-bond acceptors (Lipinski definition) is 7. The largest absolute Gasteiger partial charge is 0.379 e. The number of hydrogen-bond donors (Lipinski definition) is 0. The molecule has 3 heterocycles. The molecule has 310 valence electrons. The van der Waals surface area contributed by atoms with E-state index in [-0.39, 0.29) is 23.6 Å². The maximum absolute atomic E-state index is 15.9.